The molecule has 6 fully saturated rings. The highest BCUT2D eigenvalue weighted by atomic mass is 16.5. The molecular weight excluding hydrogens is 1010 g/mol. The molecule has 0 radical (unpaired) electrons. The lowest BCUT2D eigenvalue weighted by Gasteiger charge is -2.58. The van der Waals surface area contributed by atoms with Gasteiger partial charge in [-0.25, -0.2) is 9.13 Å². The van der Waals surface area contributed by atoms with Crippen LogP contribution in [0.15, 0.2) is 42.0 Å². The van der Waals surface area contributed by atoms with Crippen molar-refractivity contribution in [2.24, 2.45) is 92.7 Å². The van der Waals surface area contributed by atoms with Crippen LogP contribution in [0.5, 0.6) is 0 Å². The number of hydrogen-bond acceptors (Lipinski definition) is 2. The second-order valence-corrected chi connectivity index (χ2v) is 33.3. The van der Waals surface area contributed by atoms with Gasteiger partial charge in [-0.05, 0) is 234 Å². The smallest absolute Gasteiger partial charge is 0.243 e. The Morgan fingerprint density at radius 2 is 0.880 bits per heavy atom. The molecule has 1 aromatic heterocycles. The summed E-state index contributed by atoms with van der Waals surface area (Å²) in [6.07, 6.45) is 69.1. The molecule has 0 amide bonds. The average molecular weight is 1150 g/mol. The van der Waals surface area contributed by atoms with Crippen LogP contribution in [-0.2, 0) is 22.6 Å². The molecule has 6 saturated carbocycles. The molecule has 0 bridgehead atoms. The Bertz CT molecular complexity index is 1970. The lowest BCUT2D eigenvalue weighted by Crippen LogP contribution is -2.51. The van der Waals surface area contributed by atoms with Crippen LogP contribution in [0.1, 0.15) is 326 Å². The van der Waals surface area contributed by atoms with Crippen molar-refractivity contribution in [1.82, 2.24) is 4.57 Å². The predicted molar refractivity (Wildman–Crippen MR) is 353 cm³/mol. The summed E-state index contributed by atoms with van der Waals surface area (Å²) >= 11 is 0. The summed E-state index contributed by atoms with van der Waals surface area (Å²) in [5, 5.41) is 0. The number of hydrogen-bond donors (Lipinski definition) is 0. The fraction of sp³-hybridized carbons (Fsp3) is 0.911. The Hall–Kier alpha value is -1.39. The molecule has 8 aliphatic rings. The highest BCUT2D eigenvalue weighted by Crippen LogP contribution is 2.69. The maximum absolute atomic E-state index is 6.65. The van der Waals surface area contributed by atoms with E-state index in [2.05, 4.69) is 109 Å². The van der Waals surface area contributed by atoms with Gasteiger partial charge in [-0.3, -0.25) is 0 Å². The second kappa shape index (κ2) is 31.4. The van der Waals surface area contributed by atoms with E-state index in [1.165, 1.54) is 270 Å². The number of unbranched alkanes of at least 4 members (excludes halogenated alkanes) is 16. The van der Waals surface area contributed by atoms with Crippen LogP contribution in [0, 0.1) is 92.7 Å². The first-order chi connectivity index (χ1) is 40.1. The van der Waals surface area contributed by atoms with E-state index in [-0.39, 0.29) is 0 Å². The Labute approximate surface area is 515 Å². The van der Waals surface area contributed by atoms with E-state index < -0.39 is 0 Å². The van der Waals surface area contributed by atoms with Gasteiger partial charge in [-0.15, -0.1) is 0 Å². The number of allylic oxidation sites excluding steroid dienone is 2. The van der Waals surface area contributed by atoms with Crippen LogP contribution >= 0.6 is 0 Å². The normalized spacial score (nSPS) is 35.5. The lowest BCUT2D eigenvalue weighted by atomic mass is 9.47. The Balaban J connectivity index is 0.528. The summed E-state index contributed by atoms with van der Waals surface area (Å²) in [5.74, 6) is 11.1. The van der Waals surface area contributed by atoms with Gasteiger partial charge in [-0.2, -0.15) is 0 Å². The third-order valence-corrected chi connectivity index (χ3v) is 27.1. The largest absolute Gasteiger partial charge is 0.378 e. The van der Waals surface area contributed by atoms with Crippen LogP contribution in [0.2, 0.25) is 0 Å². The fourth-order valence-corrected chi connectivity index (χ4v) is 22.1. The zero-order valence-corrected chi connectivity index (χ0v) is 56.8. The highest BCUT2D eigenvalue weighted by molar-refractivity contribution is 5.27. The van der Waals surface area contributed by atoms with Gasteiger partial charge in [0.25, 0.3) is 0 Å². The van der Waals surface area contributed by atoms with E-state index in [4.69, 9.17) is 9.47 Å². The summed E-state index contributed by atoms with van der Waals surface area (Å²) in [5.41, 5.74) is 5.66. The first-order valence-corrected chi connectivity index (χ1v) is 37.8. The summed E-state index contributed by atoms with van der Waals surface area (Å²) in [4.78, 5) is 0. The molecule has 4 heteroatoms. The van der Waals surface area contributed by atoms with Gasteiger partial charge in [0.15, 0.2) is 0 Å². The van der Waals surface area contributed by atoms with E-state index in [1.807, 2.05) is 0 Å². The van der Waals surface area contributed by atoms with E-state index >= 15 is 0 Å². The van der Waals surface area contributed by atoms with Crippen molar-refractivity contribution < 1.29 is 14.0 Å². The monoisotopic (exact) mass is 1150 g/mol. The molecule has 474 valence electrons. The number of fused-ring (bicyclic) bond motifs is 10. The molecule has 4 nitrogen and oxygen atoms in total. The lowest BCUT2D eigenvalue weighted by molar-refractivity contribution is -0.696. The topological polar surface area (TPSA) is 27.3 Å². The standard InChI is InChI=1S/C79H137N2O2/c1-60(2)31-29-33-62(5)70-39-41-72-68-37-35-64-57-66(43-47-76(64,7)74(68)45-49-78(70,72)9)82-55-27-23-19-15-11-13-17-21-25-51-80-53-54-81(59-80)52-26-22-18-14-12-16-20-24-28-56-83-67-44-48-77(8)65(58-67)36-38-69-73-42-40-71(63(6)34-30-32-61(3)4)79(73,10)50-46-75(69)77/h35-36,53-54,59-63,66-75H,11-34,37-52,55-58H2,1-10H3/q+1/t62-,63-,66+,67+,68+,69+,70-,71-,72+,73+,74+,75+,76+,77+,78-,79-/m1/s1. The summed E-state index contributed by atoms with van der Waals surface area (Å²) in [6, 6.07) is 0. The summed E-state index contributed by atoms with van der Waals surface area (Å²) in [6.45, 7) is 30.0. The van der Waals surface area contributed by atoms with Gasteiger partial charge in [-0.1, -0.05) is 208 Å². The van der Waals surface area contributed by atoms with Crippen molar-refractivity contribution in [3.05, 3.63) is 42.0 Å². The van der Waals surface area contributed by atoms with E-state index in [0.29, 0.717) is 33.9 Å². The van der Waals surface area contributed by atoms with Gasteiger partial charge < -0.3 is 9.47 Å². The molecule has 0 aliphatic heterocycles. The molecule has 1 heterocycles. The molecule has 0 spiro atoms. The molecule has 0 unspecified atom stereocenters. The molecule has 83 heavy (non-hydrogen) atoms. The molecule has 8 aliphatic carbocycles. The number of aromatic nitrogens is 2. The Morgan fingerprint density at radius 3 is 1.33 bits per heavy atom. The quantitative estimate of drug-likeness (QED) is 0.0380. The van der Waals surface area contributed by atoms with Gasteiger partial charge in [0.1, 0.15) is 12.4 Å². The number of nitrogens with zero attached hydrogens (tertiary/aromatic N) is 2. The van der Waals surface area contributed by atoms with Crippen molar-refractivity contribution in [1.29, 1.82) is 0 Å². The van der Waals surface area contributed by atoms with Gasteiger partial charge in [0.2, 0.25) is 6.33 Å². The average Bonchev–Trinajstić information content (AvgIpc) is 2.28. The second-order valence-electron chi connectivity index (χ2n) is 33.3. The maximum Gasteiger partial charge on any atom is 0.243 e. The molecule has 0 N–H and O–H groups in total. The minimum Gasteiger partial charge on any atom is -0.378 e. The molecule has 1 aromatic rings. The molecule has 9 rings (SSSR count). The third-order valence-electron chi connectivity index (χ3n) is 27.1. The van der Waals surface area contributed by atoms with Crippen LogP contribution in [0.4, 0.5) is 0 Å². The molecule has 0 saturated heterocycles. The van der Waals surface area contributed by atoms with Crippen LogP contribution in [0.3, 0.4) is 0 Å². The zero-order chi connectivity index (χ0) is 58.5. The van der Waals surface area contributed by atoms with Crippen LogP contribution in [0.25, 0.3) is 0 Å². The molecule has 0 aromatic carbocycles. The van der Waals surface area contributed by atoms with Gasteiger partial charge >= 0.3 is 0 Å². The van der Waals surface area contributed by atoms with Crippen molar-refractivity contribution >= 4 is 0 Å². The Kier molecular flexibility index (Phi) is 25.0. The predicted octanol–water partition coefficient (Wildman–Crippen LogP) is 22.7. The number of imidazole rings is 1. The van der Waals surface area contributed by atoms with Gasteiger partial charge in [0, 0.05) is 13.2 Å². The zero-order valence-electron chi connectivity index (χ0n) is 56.8. The Morgan fingerprint density at radius 1 is 0.458 bits per heavy atom. The molecular formula is C79H137N2O2+. The van der Waals surface area contributed by atoms with Crippen molar-refractivity contribution in [2.75, 3.05) is 13.2 Å². The minimum absolute atomic E-state index is 0.439. The fourth-order valence-electron chi connectivity index (χ4n) is 22.1. The first kappa shape index (κ1) is 66.0. The minimum atomic E-state index is 0.439. The number of aryl methyl sites for hydroxylation is 2. The molecule has 16 atom stereocenters. The van der Waals surface area contributed by atoms with E-state index in [1.54, 1.807) is 11.1 Å². The van der Waals surface area contributed by atoms with Crippen molar-refractivity contribution in [2.45, 2.75) is 351 Å². The van der Waals surface area contributed by atoms with Crippen LogP contribution in [-0.4, -0.2) is 30.0 Å². The van der Waals surface area contributed by atoms with E-state index in [0.717, 1.165) is 84.2 Å². The SMILES string of the molecule is CC(C)CCC[C@@H](C)[C@H]1CC[C@H]2[C@@H]3CC=C4C[C@@H](OCCCCCCCCCCCn5cc[n+](CCCCCCCCCCCO[C@H]6CC[C@@]7(C)C(=CC[C@H]8[C@@H]9CC[C@H]([C@H](C)CCCC(C)C)[C@@]9(C)CC[C@@H]87)C6)c5)CC[C@]4(C)[C@H]3CC[C@]12C. The van der Waals surface area contributed by atoms with Crippen LogP contribution < -0.4 is 4.57 Å². The van der Waals surface area contributed by atoms with E-state index in [9.17, 15) is 0 Å². The first-order valence-electron chi connectivity index (χ1n) is 37.8. The number of ether oxygens (including phenoxy) is 2. The number of rotatable bonds is 36. The maximum atomic E-state index is 6.65. The van der Waals surface area contributed by atoms with Gasteiger partial charge in [0.05, 0.1) is 25.3 Å². The van der Waals surface area contributed by atoms with Crippen molar-refractivity contribution in [3.63, 3.8) is 0 Å². The summed E-state index contributed by atoms with van der Waals surface area (Å²) in [7, 11) is 0. The van der Waals surface area contributed by atoms with Crippen molar-refractivity contribution in [3.8, 4) is 0 Å². The highest BCUT2D eigenvalue weighted by Gasteiger charge is 2.61. The third kappa shape index (κ3) is 16.5. The summed E-state index contributed by atoms with van der Waals surface area (Å²) < 4.78 is 18.2.